The van der Waals surface area contributed by atoms with E-state index in [0.29, 0.717) is 29.4 Å². The summed E-state index contributed by atoms with van der Waals surface area (Å²) in [5.41, 5.74) is -0.304. The number of carboxylic acid groups (broad SMARTS) is 1. The molecule has 1 N–H and O–H groups in total. The number of carboxylic acids is 1. The van der Waals surface area contributed by atoms with Gasteiger partial charge in [0.1, 0.15) is 5.82 Å². The summed E-state index contributed by atoms with van der Waals surface area (Å²) in [5.74, 6) is -1.45. The van der Waals surface area contributed by atoms with Crippen LogP contribution in [0.4, 0.5) is 4.39 Å². The van der Waals surface area contributed by atoms with Gasteiger partial charge in [-0.05, 0) is 53.4 Å². The molecule has 0 spiro atoms. The fourth-order valence-electron chi connectivity index (χ4n) is 2.56. The predicted octanol–water partition coefficient (Wildman–Crippen LogP) is 2.84. The van der Waals surface area contributed by atoms with Crippen molar-refractivity contribution in [1.29, 1.82) is 0 Å². The highest BCUT2D eigenvalue weighted by atomic mass is 79.9. The van der Waals surface area contributed by atoms with Crippen molar-refractivity contribution in [1.82, 2.24) is 4.90 Å². The lowest BCUT2D eigenvalue weighted by Gasteiger charge is -2.37. The van der Waals surface area contributed by atoms with Gasteiger partial charge in [0.15, 0.2) is 0 Å². The second kappa shape index (κ2) is 6.13. The first-order valence-corrected chi connectivity index (χ1v) is 7.56. The van der Waals surface area contributed by atoms with Crippen molar-refractivity contribution in [2.24, 2.45) is 5.41 Å². The zero-order valence-electron chi connectivity index (χ0n) is 11.7. The third kappa shape index (κ3) is 3.61. The van der Waals surface area contributed by atoms with Crippen molar-refractivity contribution in [3.05, 3.63) is 34.1 Å². The number of hydrogen-bond donors (Lipinski definition) is 1. The van der Waals surface area contributed by atoms with Crippen LogP contribution in [0.15, 0.2) is 22.7 Å². The lowest BCUT2D eigenvalue weighted by Crippen LogP contribution is -2.48. The molecule has 1 saturated heterocycles. The number of likely N-dealkylation sites (tertiary alicyclic amines) is 1. The minimum Gasteiger partial charge on any atom is -0.481 e. The quantitative estimate of drug-likeness (QED) is 0.904. The molecule has 114 valence electrons. The Morgan fingerprint density at radius 1 is 1.48 bits per heavy atom. The van der Waals surface area contributed by atoms with Crippen molar-refractivity contribution < 1.29 is 19.1 Å². The lowest BCUT2D eigenvalue weighted by molar-refractivity contribution is -0.153. The van der Waals surface area contributed by atoms with Gasteiger partial charge in [-0.15, -0.1) is 0 Å². The van der Waals surface area contributed by atoms with Crippen LogP contribution in [-0.2, 0) is 16.0 Å². The normalized spacial score (nSPS) is 22.1. The number of amides is 1. The van der Waals surface area contributed by atoms with Gasteiger partial charge in [0.25, 0.3) is 0 Å². The molecule has 1 aromatic carbocycles. The van der Waals surface area contributed by atoms with E-state index in [-0.39, 0.29) is 18.9 Å². The molecule has 1 aromatic rings. The van der Waals surface area contributed by atoms with Crippen molar-refractivity contribution in [3.63, 3.8) is 0 Å². The van der Waals surface area contributed by atoms with Gasteiger partial charge < -0.3 is 10.0 Å². The maximum atomic E-state index is 13.5. The molecule has 1 aliphatic heterocycles. The van der Waals surface area contributed by atoms with Gasteiger partial charge in [-0.3, -0.25) is 9.59 Å². The number of carbonyl (C=O) groups is 2. The summed E-state index contributed by atoms with van der Waals surface area (Å²) in [7, 11) is 0. The summed E-state index contributed by atoms with van der Waals surface area (Å²) in [6, 6.07) is 4.57. The van der Waals surface area contributed by atoms with E-state index < -0.39 is 17.2 Å². The topological polar surface area (TPSA) is 57.6 Å². The van der Waals surface area contributed by atoms with E-state index in [1.54, 1.807) is 24.0 Å². The van der Waals surface area contributed by atoms with Gasteiger partial charge in [-0.1, -0.05) is 6.07 Å². The van der Waals surface area contributed by atoms with Crippen molar-refractivity contribution in [2.45, 2.75) is 26.2 Å². The van der Waals surface area contributed by atoms with Crippen molar-refractivity contribution in [2.75, 3.05) is 13.1 Å². The minimum atomic E-state index is -0.890. The molecular formula is C15H17BrFNO3. The van der Waals surface area contributed by atoms with E-state index >= 15 is 0 Å². The standard InChI is InChI=1S/C15H17BrFNO3/c1-15(14(20)21)5-2-6-18(9-15)13(19)8-10-3-4-11(16)12(17)7-10/h3-4,7H,2,5-6,8-9H2,1H3,(H,20,21). The summed E-state index contributed by atoms with van der Waals surface area (Å²) >= 11 is 3.07. The molecule has 0 aliphatic carbocycles. The summed E-state index contributed by atoms with van der Waals surface area (Å²) in [6.45, 7) is 2.43. The van der Waals surface area contributed by atoms with E-state index in [0.717, 1.165) is 0 Å². The zero-order chi connectivity index (χ0) is 15.6. The Bertz CT molecular complexity index is 578. The van der Waals surface area contributed by atoms with E-state index in [2.05, 4.69) is 15.9 Å². The van der Waals surface area contributed by atoms with Gasteiger partial charge >= 0.3 is 5.97 Å². The minimum absolute atomic E-state index is 0.0832. The Balaban J connectivity index is 2.06. The average molecular weight is 358 g/mol. The highest BCUT2D eigenvalue weighted by Gasteiger charge is 2.39. The van der Waals surface area contributed by atoms with E-state index in [9.17, 15) is 19.1 Å². The molecule has 1 aliphatic rings. The number of hydrogen-bond acceptors (Lipinski definition) is 2. The van der Waals surface area contributed by atoms with Gasteiger partial charge in [0.2, 0.25) is 5.91 Å². The number of piperidine rings is 1. The van der Waals surface area contributed by atoms with Crippen LogP contribution in [0.25, 0.3) is 0 Å². The van der Waals surface area contributed by atoms with E-state index in [4.69, 9.17) is 0 Å². The Morgan fingerprint density at radius 3 is 2.81 bits per heavy atom. The fraction of sp³-hybridized carbons (Fsp3) is 0.467. The number of carbonyl (C=O) groups excluding carboxylic acids is 1. The van der Waals surface area contributed by atoms with Gasteiger partial charge in [0.05, 0.1) is 16.3 Å². The summed E-state index contributed by atoms with van der Waals surface area (Å²) in [6.07, 6.45) is 1.32. The first kappa shape index (κ1) is 15.9. The molecular weight excluding hydrogens is 341 g/mol. The molecule has 1 unspecified atom stereocenters. The molecule has 6 heteroatoms. The molecule has 21 heavy (non-hydrogen) atoms. The maximum absolute atomic E-state index is 13.5. The number of benzene rings is 1. The first-order valence-electron chi connectivity index (χ1n) is 6.77. The average Bonchev–Trinajstić information content (AvgIpc) is 2.43. The molecule has 4 nitrogen and oxygen atoms in total. The molecule has 1 atom stereocenters. The molecule has 0 bridgehead atoms. The van der Waals surface area contributed by atoms with Gasteiger partial charge in [0, 0.05) is 13.1 Å². The monoisotopic (exact) mass is 357 g/mol. The highest BCUT2D eigenvalue weighted by Crippen LogP contribution is 2.30. The van der Waals surface area contributed by atoms with Crippen LogP contribution in [0.5, 0.6) is 0 Å². The Hall–Kier alpha value is -1.43. The van der Waals surface area contributed by atoms with Crippen LogP contribution in [0.1, 0.15) is 25.3 Å². The highest BCUT2D eigenvalue weighted by molar-refractivity contribution is 9.10. The second-order valence-electron chi connectivity index (χ2n) is 5.71. The molecule has 1 amide bonds. The predicted molar refractivity (Wildman–Crippen MR) is 79.4 cm³/mol. The Kier molecular flexibility index (Phi) is 4.66. The van der Waals surface area contributed by atoms with Crippen LogP contribution in [0.3, 0.4) is 0 Å². The SMILES string of the molecule is CC1(C(=O)O)CCCN(C(=O)Cc2ccc(Br)c(F)c2)C1. The maximum Gasteiger partial charge on any atom is 0.311 e. The third-order valence-electron chi connectivity index (χ3n) is 3.90. The van der Waals surface area contributed by atoms with Crippen LogP contribution >= 0.6 is 15.9 Å². The number of aliphatic carboxylic acids is 1. The number of rotatable bonds is 3. The first-order chi connectivity index (χ1) is 9.82. The zero-order valence-corrected chi connectivity index (χ0v) is 13.3. The second-order valence-corrected chi connectivity index (χ2v) is 6.56. The molecule has 0 radical (unpaired) electrons. The number of halogens is 2. The van der Waals surface area contributed by atoms with Crippen LogP contribution in [0.2, 0.25) is 0 Å². The molecule has 0 saturated carbocycles. The fourth-order valence-corrected chi connectivity index (χ4v) is 2.81. The summed E-state index contributed by atoms with van der Waals surface area (Å²) < 4.78 is 13.8. The molecule has 2 rings (SSSR count). The number of nitrogens with zero attached hydrogens (tertiary/aromatic N) is 1. The van der Waals surface area contributed by atoms with Crippen molar-refractivity contribution in [3.8, 4) is 0 Å². The van der Waals surface area contributed by atoms with Crippen LogP contribution < -0.4 is 0 Å². The van der Waals surface area contributed by atoms with Crippen LogP contribution in [-0.4, -0.2) is 35.0 Å². The van der Waals surface area contributed by atoms with E-state index in [1.807, 2.05) is 0 Å². The molecule has 1 fully saturated rings. The Morgan fingerprint density at radius 2 is 2.19 bits per heavy atom. The summed E-state index contributed by atoms with van der Waals surface area (Å²) in [4.78, 5) is 25.1. The van der Waals surface area contributed by atoms with Crippen LogP contribution in [0, 0.1) is 11.2 Å². The molecule has 0 aromatic heterocycles. The smallest absolute Gasteiger partial charge is 0.311 e. The van der Waals surface area contributed by atoms with Crippen molar-refractivity contribution >= 4 is 27.8 Å². The Labute approximate surface area is 131 Å². The third-order valence-corrected chi connectivity index (χ3v) is 4.55. The lowest BCUT2D eigenvalue weighted by atomic mass is 9.82. The van der Waals surface area contributed by atoms with Gasteiger partial charge in [-0.2, -0.15) is 0 Å². The largest absolute Gasteiger partial charge is 0.481 e. The van der Waals surface area contributed by atoms with E-state index in [1.165, 1.54) is 6.07 Å². The van der Waals surface area contributed by atoms with Gasteiger partial charge in [-0.25, -0.2) is 4.39 Å². The summed E-state index contributed by atoms with van der Waals surface area (Å²) in [5, 5.41) is 9.26. The molecule has 1 heterocycles.